The summed E-state index contributed by atoms with van der Waals surface area (Å²) in [5.74, 6) is 1.07. The van der Waals surface area contributed by atoms with Crippen LogP contribution in [-0.2, 0) is 21.4 Å². The Balaban J connectivity index is 2.07. The van der Waals surface area contributed by atoms with Gasteiger partial charge in [-0.05, 0) is 23.8 Å². The molecular formula is C20H22N4O5S. The van der Waals surface area contributed by atoms with Gasteiger partial charge in [-0.15, -0.1) is 0 Å². The van der Waals surface area contributed by atoms with E-state index in [1.165, 1.54) is 12.1 Å². The van der Waals surface area contributed by atoms with Crippen molar-refractivity contribution in [2.45, 2.75) is 11.4 Å². The fourth-order valence-electron chi connectivity index (χ4n) is 3.22. The zero-order valence-corrected chi connectivity index (χ0v) is 17.6. The number of nitrogens with zero attached hydrogens (tertiary/aromatic N) is 2. The Hall–Kier alpha value is -3.37. The maximum absolute atomic E-state index is 11.5. The first kappa shape index (κ1) is 21.3. The lowest BCUT2D eigenvalue weighted by atomic mass is 10.1. The number of benzene rings is 2. The van der Waals surface area contributed by atoms with E-state index in [0.717, 1.165) is 16.6 Å². The van der Waals surface area contributed by atoms with Gasteiger partial charge in [-0.25, -0.2) is 13.6 Å². The second-order valence-corrected chi connectivity index (χ2v) is 8.11. The molecule has 3 rings (SSSR count). The molecule has 0 fully saturated rings. The van der Waals surface area contributed by atoms with E-state index in [9.17, 15) is 13.2 Å². The molecule has 3 N–H and O–H groups in total. The third kappa shape index (κ3) is 4.29. The molecule has 0 unspecified atom stereocenters. The molecule has 1 aromatic heterocycles. The number of nitrogens with two attached hydrogens (primary N) is 1. The van der Waals surface area contributed by atoms with Gasteiger partial charge in [0.1, 0.15) is 0 Å². The fourth-order valence-corrected chi connectivity index (χ4v) is 3.74. The number of amides is 1. The van der Waals surface area contributed by atoms with E-state index in [4.69, 9.17) is 14.6 Å². The molecule has 0 aliphatic rings. The molecule has 0 aliphatic heterocycles. The van der Waals surface area contributed by atoms with Crippen molar-refractivity contribution in [3.63, 3.8) is 0 Å². The number of anilines is 2. The van der Waals surface area contributed by atoms with Gasteiger partial charge in [-0.3, -0.25) is 9.78 Å². The molecule has 2 aromatic carbocycles. The summed E-state index contributed by atoms with van der Waals surface area (Å²) in [6.07, 6.45) is 2.15. The normalized spacial score (nSPS) is 11.2. The molecule has 9 nitrogen and oxygen atoms in total. The number of carbonyl (C=O) groups is 1. The van der Waals surface area contributed by atoms with Gasteiger partial charge in [-0.1, -0.05) is 12.1 Å². The minimum Gasteiger partial charge on any atom is -0.493 e. The van der Waals surface area contributed by atoms with Crippen LogP contribution in [0.15, 0.2) is 47.5 Å². The Kier molecular flexibility index (Phi) is 6.09. The lowest BCUT2D eigenvalue weighted by Gasteiger charge is -2.24. The molecule has 158 valence electrons. The number of hydrogen-bond donors (Lipinski definition) is 2. The number of methoxy groups -OCH3 is 2. The minimum absolute atomic E-state index is 0.0448. The monoisotopic (exact) mass is 430 g/mol. The van der Waals surface area contributed by atoms with Crippen LogP contribution in [0.4, 0.5) is 11.4 Å². The Morgan fingerprint density at radius 2 is 1.77 bits per heavy atom. The molecule has 0 saturated carbocycles. The number of fused-ring (bicyclic) bond motifs is 1. The first-order chi connectivity index (χ1) is 14.3. The van der Waals surface area contributed by atoms with Crippen LogP contribution in [0.5, 0.6) is 11.5 Å². The predicted octanol–water partition coefficient (Wildman–Crippen LogP) is 2.10. The Bertz CT molecular complexity index is 1180. The third-order valence-corrected chi connectivity index (χ3v) is 5.54. The molecule has 3 aromatic rings. The Morgan fingerprint density at radius 1 is 1.13 bits per heavy atom. The highest BCUT2D eigenvalue weighted by molar-refractivity contribution is 7.89. The van der Waals surface area contributed by atoms with Gasteiger partial charge in [-0.2, -0.15) is 0 Å². The van der Waals surface area contributed by atoms with Crippen LogP contribution in [0.3, 0.4) is 0 Å². The molecule has 0 radical (unpaired) electrons. The molecule has 10 heteroatoms. The Morgan fingerprint density at radius 3 is 2.33 bits per heavy atom. The maximum Gasteiger partial charge on any atom is 0.238 e. The van der Waals surface area contributed by atoms with Gasteiger partial charge in [0, 0.05) is 25.0 Å². The summed E-state index contributed by atoms with van der Waals surface area (Å²) in [5.41, 5.74) is 2.76. The van der Waals surface area contributed by atoms with Crippen LogP contribution in [0.2, 0.25) is 0 Å². The van der Waals surface area contributed by atoms with Crippen LogP contribution in [0.1, 0.15) is 5.56 Å². The van der Waals surface area contributed by atoms with E-state index in [-0.39, 0.29) is 4.90 Å². The number of aromatic nitrogens is 1. The smallest absolute Gasteiger partial charge is 0.238 e. The van der Waals surface area contributed by atoms with Gasteiger partial charge in [0.2, 0.25) is 16.4 Å². The van der Waals surface area contributed by atoms with Gasteiger partial charge in [0.15, 0.2) is 11.5 Å². The molecular weight excluding hydrogens is 408 g/mol. The zero-order valence-electron chi connectivity index (χ0n) is 16.7. The largest absolute Gasteiger partial charge is 0.493 e. The SMILES string of the molecule is COc1cc2ncc(NC=O)c(N(C)Cc3ccc(S(N)(=O)=O)cc3)c2cc1OC. The van der Waals surface area contributed by atoms with Gasteiger partial charge < -0.3 is 19.7 Å². The molecule has 0 bridgehead atoms. The highest BCUT2D eigenvalue weighted by Gasteiger charge is 2.17. The number of carbonyl (C=O) groups excluding carboxylic acids is 1. The van der Waals surface area contributed by atoms with Gasteiger partial charge >= 0.3 is 0 Å². The van der Waals surface area contributed by atoms with Gasteiger partial charge in [0.05, 0.1) is 42.2 Å². The molecule has 0 aliphatic carbocycles. The first-order valence-electron chi connectivity index (χ1n) is 8.86. The fraction of sp³-hybridized carbons (Fsp3) is 0.200. The summed E-state index contributed by atoms with van der Waals surface area (Å²) in [6.45, 7) is 0.436. The average molecular weight is 430 g/mol. The molecule has 1 heterocycles. The Labute approximate surface area is 174 Å². The van der Waals surface area contributed by atoms with E-state index in [2.05, 4.69) is 10.3 Å². The number of ether oxygens (including phenoxy) is 2. The van der Waals surface area contributed by atoms with Crippen LogP contribution >= 0.6 is 0 Å². The van der Waals surface area contributed by atoms with Crippen molar-refractivity contribution >= 4 is 38.7 Å². The van der Waals surface area contributed by atoms with Gasteiger partial charge in [0.25, 0.3) is 0 Å². The third-order valence-electron chi connectivity index (χ3n) is 4.61. The molecule has 30 heavy (non-hydrogen) atoms. The second kappa shape index (κ2) is 8.56. The topological polar surface area (TPSA) is 124 Å². The predicted molar refractivity (Wildman–Crippen MR) is 114 cm³/mol. The van der Waals surface area contributed by atoms with E-state index in [1.807, 2.05) is 11.9 Å². The minimum atomic E-state index is -3.75. The highest BCUT2D eigenvalue weighted by Crippen LogP contribution is 2.39. The summed E-state index contributed by atoms with van der Waals surface area (Å²) in [4.78, 5) is 17.5. The molecule has 0 saturated heterocycles. The summed E-state index contributed by atoms with van der Waals surface area (Å²) >= 11 is 0. The van der Waals surface area contributed by atoms with E-state index in [1.54, 1.807) is 44.7 Å². The standard InChI is InChI=1S/C20H22N4O5S/c1-24(11-13-4-6-14(7-5-13)30(21,26)27)20-15-8-18(28-2)19(29-3)9-16(15)22-10-17(20)23-12-25/h4-10,12H,11H2,1-3H3,(H,23,25)(H2,21,26,27). The number of rotatable bonds is 8. The first-order valence-corrected chi connectivity index (χ1v) is 10.4. The number of primary sulfonamides is 1. The maximum atomic E-state index is 11.5. The van der Waals surface area contributed by atoms with Crippen LogP contribution in [0.25, 0.3) is 10.9 Å². The quantitative estimate of drug-likeness (QED) is 0.525. The lowest BCUT2D eigenvalue weighted by molar-refractivity contribution is -0.105. The lowest BCUT2D eigenvalue weighted by Crippen LogP contribution is -2.19. The summed E-state index contributed by atoms with van der Waals surface area (Å²) in [5, 5.41) is 8.59. The molecule has 0 atom stereocenters. The van der Waals surface area contributed by atoms with Crippen molar-refractivity contribution in [3.8, 4) is 11.5 Å². The van der Waals surface area contributed by atoms with Crippen LogP contribution in [0, 0.1) is 0 Å². The van der Waals surface area contributed by atoms with Crippen molar-refractivity contribution in [1.82, 2.24) is 4.98 Å². The van der Waals surface area contributed by atoms with Crippen LogP contribution < -0.4 is 24.8 Å². The summed E-state index contributed by atoms with van der Waals surface area (Å²) in [7, 11) is 1.19. The second-order valence-electron chi connectivity index (χ2n) is 6.55. The number of nitrogens with one attached hydrogen (secondary N) is 1. The number of pyridine rings is 1. The van der Waals surface area contributed by atoms with E-state index < -0.39 is 10.0 Å². The molecule has 1 amide bonds. The number of sulfonamides is 1. The van der Waals surface area contributed by atoms with E-state index in [0.29, 0.717) is 35.7 Å². The highest BCUT2D eigenvalue weighted by atomic mass is 32.2. The van der Waals surface area contributed by atoms with Crippen molar-refractivity contribution in [2.75, 3.05) is 31.5 Å². The summed E-state index contributed by atoms with van der Waals surface area (Å²) < 4.78 is 33.7. The van der Waals surface area contributed by atoms with Crippen molar-refractivity contribution < 1.29 is 22.7 Å². The van der Waals surface area contributed by atoms with E-state index >= 15 is 0 Å². The van der Waals surface area contributed by atoms with Crippen molar-refractivity contribution in [3.05, 3.63) is 48.2 Å². The molecule has 0 spiro atoms. The van der Waals surface area contributed by atoms with Crippen LogP contribution in [-0.4, -0.2) is 41.1 Å². The summed E-state index contributed by atoms with van der Waals surface area (Å²) in [6, 6.07) is 9.86. The van der Waals surface area contributed by atoms with Crippen molar-refractivity contribution in [1.29, 1.82) is 0 Å². The number of hydrogen-bond acceptors (Lipinski definition) is 7. The van der Waals surface area contributed by atoms with Crippen molar-refractivity contribution in [2.24, 2.45) is 5.14 Å². The average Bonchev–Trinajstić information content (AvgIpc) is 2.72. The zero-order chi connectivity index (χ0) is 21.9.